The van der Waals surface area contributed by atoms with Crippen LogP contribution in [0, 0.1) is 0 Å². The zero-order valence-electron chi connectivity index (χ0n) is 12.3. The first-order valence-corrected chi connectivity index (χ1v) is 8.49. The van der Waals surface area contributed by atoms with Crippen LogP contribution in [0.15, 0.2) is 6.20 Å². The average Bonchev–Trinajstić information content (AvgIpc) is 2.45. The van der Waals surface area contributed by atoms with Crippen LogP contribution >= 0.6 is 11.8 Å². The maximum Gasteiger partial charge on any atom is 0.138 e. The molecule has 0 amide bonds. The van der Waals surface area contributed by atoms with Crippen molar-refractivity contribution in [1.82, 2.24) is 15.3 Å². The number of aryl methyl sites for hydroxylation is 1. The Bertz CT molecular complexity index is 408. The van der Waals surface area contributed by atoms with Crippen molar-refractivity contribution >= 4 is 11.8 Å². The molecule has 0 radical (unpaired) electrons. The van der Waals surface area contributed by atoms with Gasteiger partial charge in [-0.3, -0.25) is 0 Å². The first kappa shape index (κ1) is 14.8. The molecule has 1 aromatic rings. The standard InChI is InChI=1S/C15H25N3S/c1-4-11(3)19-10-15-17-9-12-13(16-5-2)7-6-8-14(12)18-15/h9,11,13,16H,4-8,10H2,1-3H3. The molecule has 0 aliphatic heterocycles. The lowest BCUT2D eigenvalue weighted by molar-refractivity contribution is 0.463. The molecular weight excluding hydrogens is 254 g/mol. The van der Waals surface area contributed by atoms with Gasteiger partial charge in [0, 0.05) is 28.7 Å². The van der Waals surface area contributed by atoms with Crippen molar-refractivity contribution in [2.75, 3.05) is 6.54 Å². The lowest BCUT2D eigenvalue weighted by Crippen LogP contribution is -2.26. The van der Waals surface area contributed by atoms with Crippen molar-refractivity contribution < 1.29 is 0 Å². The first-order valence-electron chi connectivity index (χ1n) is 7.44. The predicted octanol–water partition coefficient (Wildman–Crippen LogP) is 3.50. The summed E-state index contributed by atoms with van der Waals surface area (Å²) in [5, 5.41) is 4.22. The van der Waals surface area contributed by atoms with E-state index in [1.165, 1.54) is 30.5 Å². The van der Waals surface area contributed by atoms with E-state index < -0.39 is 0 Å². The van der Waals surface area contributed by atoms with E-state index in [0.29, 0.717) is 11.3 Å². The maximum absolute atomic E-state index is 4.78. The molecule has 3 nitrogen and oxygen atoms in total. The molecule has 2 rings (SSSR count). The number of hydrogen-bond acceptors (Lipinski definition) is 4. The highest BCUT2D eigenvalue weighted by atomic mass is 32.2. The summed E-state index contributed by atoms with van der Waals surface area (Å²) in [5.74, 6) is 1.94. The number of fused-ring (bicyclic) bond motifs is 1. The van der Waals surface area contributed by atoms with E-state index in [2.05, 4.69) is 37.3 Å². The van der Waals surface area contributed by atoms with Gasteiger partial charge in [0.2, 0.25) is 0 Å². The van der Waals surface area contributed by atoms with Gasteiger partial charge in [-0.1, -0.05) is 20.8 Å². The van der Waals surface area contributed by atoms with E-state index in [-0.39, 0.29) is 0 Å². The van der Waals surface area contributed by atoms with Crippen LogP contribution in [0.1, 0.15) is 63.2 Å². The lowest BCUT2D eigenvalue weighted by Gasteiger charge is -2.25. The number of nitrogens with one attached hydrogen (secondary N) is 1. The second-order valence-corrected chi connectivity index (χ2v) is 6.65. The summed E-state index contributed by atoms with van der Waals surface area (Å²) in [6.45, 7) is 7.67. The van der Waals surface area contributed by atoms with Crippen molar-refractivity contribution in [3.05, 3.63) is 23.3 Å². The minimum atomic E-state index is 0.463. The van der Waals surface area contributed by atoms with Gasteiger partial charge < -0.3 is 5.32 Å². The van der Waals surface area contributed by atoms with Crippen LogP contribution in [0.5, 0.6) is 0 Å². The van der Waals surface area contributed by atoms with Crippen LogP contribution in [-0.4, -0.2) is 21.8 Å². The molecule has 1 heterocycles. The molecule has 0 fully saturated rings. The Morgan fingerprint density at radius 2 is 2.32 bits per heavy atom. The van der Waals surface area contributed by atoms with E-state index in [1.54, 1.807) is 0 Å². The quantitative estimate of drug-likeness (QED) is 0.865. The number of aromatic nitrogens is 2. The molecule has 1 aliphatic carbocycles. The second-order valence-electron chi connectivity index (χ2n) is 5.22. The number of nitrogens with zero attached hydrogens (tertiary/aromatic N) is 2. The smallest absolute Gasteiger partial charge is 0.138 e. The molecule has 4 heteroatoms. The van der Waals surface area contributed by atoms with Crippen molar-refractivity contribution in [3.8, 4) is 0 Å². The fraction of sp³-hybridized carbons (Fsp3) is 0.733. The van der Waals surface area contributed by atoms with Crippen molar-refractivity contribution in [2.24, 2.45) is 0 Å². The molecule has 2 unspecified atom stereocenters. The van der Waals surface area contributed by atoms with Gasteiger partial charge in [-0.25, -0.2) is 9.97 Å². The van der Waals surface area contributed by atoms with Gasteiger partial charge in [-0.05, 0) is 32.2 Å². The monoisotopic (exact) mass is 279 g/mol. The van der Waals surface area contributed by atoms with Gasteiger partial charge in [0.05, 0.1) is 5.75 Å². The zero-order chi connectivity index (χ0) is 13.7. The minimum Gasteiger partial charge on any atom is -0.310 e. The summed E-state index contributed by atoms with van der Waals surface area (Å²) in [5.41, 5.74) is 2.59. The molecule has 0 spiro atoms. The molecule has 106 valence electrons. The maximum atomic E-state index is 4.78. The van der Waals surface area contributed by atoms with Crippen LogP contribution in [0.25, 0.3) is 0 Å². The van der Waals surface area contributed by atoms with E-state index in [4.69, 9.17) is 4.98 Å². The average molecular weight is 279 g/mol. The van der Waals surface area contributed by atoms with Crippen LogP contribution in [0.3, 0.4) is 0 Å². The Hall–Kier alpha value is -0.610. The Balaban J connectivity index is 2.06. The lowest BCUT2D eigenvalue weighted by atomic mass is 9.92. The summed E-state index contributed by atoms with van der Waals surface area (Å²) in [6, 6.07) is 0.463. The Morgan fingerprint density at radius 3 is 3.05 bits per heavy atom. The summed E-state index contributed by atoms with van der Waals surface area (Å²) in [4.78, 5) is 9.34. The third-order valence-electron chi connectivity index (χ3n) is 3.75. The summed E-state index contributed by atoms with van der Waals surface area (Å²) >= 11 is 1.95. The van der Waals surface area contributed by atoms with E-state index >= 15 is 0 Å². The fourth-order valence-corrected chi connectivity index (χ4v) is 3.26. The fourth-order valence-electron chi connectivity index (χ4n) is 2.45. The number of thioether (sulfide) groups is 1. The number of hydrogen-bond donors (Lipinski definition) is 1. The largest absolute Gasteiger partial charge is 0.310 e. The Morgan fingerprint density at radius 1 is 1.47 bits per heavy atom. The molecular formula is C15H25N3S. The van der Waals surface area contributed by atoms with Crippen molar-refractivity contribution in [2.45, 2.75) is 63.5 Å². The highest BCUT2D eigenvalue weighted by Gasteiger charge is 2.21. The topological polar surface area (TPSA) is 37.8 Å². The van der Waals surface area contributed by atoms with Crippen molar-refractivity contribution in [3.63, 3.8) is 0 Å². The Kier molecular flexibility index (Phi) is 5.64. The van der Waals surface area contributed by atoms with Crippen LogP contribution in [0.2, 0.25) is 0 Å². The highest BCUT2D eigenvalue weighted by Crippen LogP contribution is 2.28. The van der Waals surface area contributed by atoms with Gasteiger partial charge >= 0.3 is 0 Å². The van der Waals surface area contributed by atoms with Gasteiger partial charge in [0.1, 0.15) is 5.82 Å². The first-order chi connectivity index (χ1) is 9.24. The Labute approximate surface area is 121 Å². The van der Waals surface area contributed by atoms with E-state index in [0.717, 1.165) is 24.5 Å². The zero-order valence-corrected chi connectivity index (χ0v) is 13.1. The predicted molar refractivity (Wildman–Crippen MR) is 82.4 cm³/mol. The molecule has 0 saturated heterocycles. The van der Waals surface area contributed by atoms with Gasteiger partial charge in [0.25, 0.3) is 0 Å². The van der Waals surface area contributed by atoms with Crippen molar-refractivity contribution in [1.29, 1.82) is 0 Å². The normalized spacial score (nSPS) is 20.1. The van der Waals surface area contributed by atoms with Gasteiger partial charge in [-0.2, -0.15) is 11.8 Å². The molecule has 1 N–H and O–H groups in total. The second kappa shape index (κ2) is 7.25. The molecule has 1 aromatic heterocycles. The summed E-state index contributed by atoms with van der Waals surface area (Å²) < 4.78 is 0. The molecule has 0 bridgehead atoms. The van der Waals surface area contributed by atoms with Crippen LogP contribution in [0.4, 0.5) is 0 Å². The molecule has 0 saturated carbocycles. The number of rotatable bonds is 6. The molecule has 19 heavy (non-hydrogen) atoms. The van der Waals surface area contributed by atoms with Gasteiger partial charge in [0.15, 0.2) is 0 Å². The minimum absolute atomic E-state index is 0.463. The molecule has 1 aliphatic rings. The highest BCUT2D eigenvalue weighted by molar-refractivity contribution is 7.99. The van der Waals surface area contributed by atoms with Gasteiger partial charge in [-0.15, -0.1) is 0 Å². The van der Waals surface area contributed by atoms with Crippen LogP contribution < -0.4 is 5.32 Å². The molecule has 0 aromatic carbocycles. The third-order valence-corrected chi connectivity index (χ3v) is 5.08. The SMILES string of the molecule is CCNC1CCCc2nc(CSC(C)CC)ncc21. The third kappa shape index (κ3) is 3.93. The van der Waals surface area contributed by atoms with E-state index in [9.17, 15) is 0 Å². The summed E-state index contributed by atoms with van der Waals surface area (Å²) in [7, 11) is 0. The van der Waals surface area contributed by atoms with E-state index in [1.807, 2.05) is 11.8 Å². The van der Waals surface area contributed by atoms with Crippen LogP contribution in [-0.2, 0) is 12.2 Å². The molecule has 2 atom stereocenters. The summed E-state index contributed by atoms with van der Waals surface area (Å²) in [6.07, 6.45) is 6.82.